The average Bonchev–Trinajstić information content (AvgIpc) is 3.41. The number of furan rings is 1. The molecule has 2 saturated heterocycles. The predicted octanol–water partition coefficient (Wildman–Crippen LogP) is 2.06. The second-order valence-electron chi connectivity index (χ2n) is 6.88. The second kappa shape index (κ2) is 8.20. The molecule has 1 N–H and O–H groups in total. The number of likely N-dealkylation sites (tertiary alicyclic amines) is 1. The van der Waals surface area contributed by atoms with E-state index in [9.17, 15) is 22.8 Å². The Morgan fingerprint density at radius 2 is 1.97 bits per heavy atom. The molecule has 4 rings (SSSR count). The summed E-state index contributed by atoms with van der Waals surface area (Å²) in [6, 6.07) is 3.44. The van der Waals surface area contributed by atoms with E-state index < -0.39 is 12.1 Å². The summed E-state index contributed by atoms with van der Waals surface area (Å²) in [5.74, 6) is -2.39. The lowest BCUT2D eigenvalue weighted by Gasteiger charge is -2.38. The third-order valence-corrected chi connectivity index (χ3v) is 4.97. The van der Waals surface area contributed by atoms with E-state index in [1.807, 2.05) is 23.0 Å². The van der Waals surface area contributed by atoms with Crippen LogP contribution in [0.1, 0.15) is 29.8 Å². The number of anilines is 1. The van der Waals surface area contributed by atoms with Crippen LogP contribution >= 0.6 is 0 Å². The van der Waals surface area contributed by atoms with Crippen molar-refractivity contribution in [3.05, 3.63) is 36.5 Å². The number of carboxylic acids is 1. The van der Waals surface area contributed by atoms with Crippen molar-refractivity contribution in [1.29, 1.82) is 0 Å². The number of aromatic nitrogens is 2. The van der Waals surface area contributed by atoms with Crippen LogP contribution in [0.3, 0.4) is 0 Å². The smallest absolute Gasteiger partial charge is 0.475 e. The highest BCUT2D eigenvalue weighted by atomic mass is 19.4. The molecule has 0 aromatic carbocycles. The molecule has 2 atom stereocenters. The lowest BCUT2D eigenvalue weighted by atomic mass is 9.96. The average molecular weight is 428 g/mol. The van der Waals surface area contributed by atoms with E-state index in [0.29, 0.717) is 25.1 Å². The maximum atomic E-state index is 12.6. The molecule has 0 aliphatic carbocycles. The number of hydrogen-bond acceptors (Lipinski definition) is 5. The summed E-state index contributed by atoms with van der Waals surface area (Å²) in [7, 11) is 1.83. The van der Waals surface area contributed by atoms with Crippen LogP contribution in [0, 0.1) is 0 Å². The summed E-state index contributed by atoms with van der Waals surface area (Å²) in [4.78, 5) is 37.6. The molecule has 0 saturated carbocycles. The molecule has 2 amide bonds. The van der Waals surface area contributed by atoms with E-state index in [-0.39, 0.29) is 23.9 Å². The van der Waals surface area contributed by atoms with Gasteiger partial charge < -0.3 is 19.3 Å². The maximum Gasteiger partial charge on any atom is 0.490 e. The summed E-state index contributed by atoms with van der Waals surface area (Å²) in [6.45, 7) is 0.638. The SMILES string of the molecule is Cn1cc(N2C(=O)CC[C@@H]3[C@H]2CCN3C(=O)c2ccco2)cn1.O=C(O)C(F)(F)F. The molecule has 4 heterocycles. The molecule has 2 aromatic rings. The number of carbonyl (C=O) groups is 3. The number of amides is 2. The highest BCUT2D eigenvalue weighted by Gasteiger charge is 2.46. The number of halogens is 3. The maximum absolute atomic E-state index is 12.6. The number of hydrogen-bond donors (Lipinski definition) is 1. The highest BCUT2D eigenvalue weighted by Crippen LogP contribution is 2.35. The van der Waals surface area contributed by atoms with E-state index in [4.69, 9.17) is 14.3 Å². The zero-order valence-electron chi connectivity index (χ0n) is 15.9. The van der Waals surface area contributed by atoms with Gasteiger partial charge in [0.1, 0.15) is 0 Å². The Labute approximate surface area is 168 Å². The van der Waals surface area contributed by atoms with Crippen LogP contribution in [-0.2, 0) is 16.6 Å². The fourth-order valence-electron chi connectivity index (χ4n) is 3.73. The molecule has 9 nitrogen and oxygen atoms in total. The number of nitrogens with zero attached hydrogens (tertiary/aromatic N) is 4. The monoisotopic (exact) mass is 428 g/mol. The van der Waals surface area contributed by atoms with Crippen molar-refractivity contribution in [2.45, 2.75) is 37.5 Å². The summed E-state index contributed by atoms with van der Waals surface area (Å²) in [5, 5.41) is 11.3. The van der Waals surface area contributed by atoms with Crippen LogP contribution in [0.2, 0.25) is 0 Å². The molecule has 2 aliphatic rings. The van der Waals surface area contributed by atoms with Crippen molar-refractivity contribution >= 4 is 23.5 Å². The van der Waals surface area contributed by atoms with E-state index in [1.54, 1.807) is 23.0 Å². The normalized spacial score (nSPS) is 21.1. The van der Waals surface area contributed by atoms with Crippen molar-refractivity contribution < 1.29 is 37.1 Å². The highest BCUT2D eigenvalue weighted by molar-refractivity contribution is 5.96. The number of rotatable bonds is 2. The van der Waals surface area contributed by atoms with Crippen LogP contribution in [0.15, 0.2) is 35.2 Å². The Hall–Kier alpha value is -3.31. The first-order valence-corrected chi connectivity index (χ1v) is 9.05. The van der Waals surface area contributed by atoms with Gasteiger partial charge in [0.25, 0.3) is 5.91 Å². The summed E-state index contributed by atoms with van der Waals surface area (Å²) in [5.41, 5.74) is 0.805. The summed E-state index contributed by atoms with van der Waals surface area (Å²) < 4.78 is 38.7. The number of alkyl halides is 3. The first kappa shape index (κ1) is 21.4. The zero-order chi connectivity index (χ0) is 22.1. The Morgan fingerprint density at radius 1 is 1.27 bits per heavy atom. The molecule has 0 radical (unpaired) electrons. The van der Waals surface area contributed by atoms with Gasteiger partial charge in [0, 0.05) is 26.2 Å². The molecule has 0 unspecified atom stereocenters. The topological polar surface area (TPSA) is 109 Å². The van der Waals surface area contributed by atoms with E-state index in [0.717, 1.165) is 12.1 Å². The Balaban J connectivity index is 0.000000318. The molecule has 0 spiro atoms. The zero-order valence-corrected chi connectivity index (χ0v) is 15.9. The largest absolute Gasteiger partial charge is 0.490 e. The van der Waals surface area contributed by atoms with Crippen molar-refractivity contribution in [2.75, 3.05) is 11.4 Å². The minimum atomic E-state index is -5.08. The van der Waals surface area contributed by atoms with E-state index in [2.05, 4.69) is 5.10 Å². The van der Waals surface area contributed by atoms with Crippen LogP contribution in [0.25, 0.3) is 0 Å². The van der Waals surface area contributed by atoms with Gasteiger partial charge in [-0.2, -0.15) is 18.3 Å². The quantitative estimate of drug-likeness (QED) is 0.784. The molecule has 2 aromatic heterocycles. The Kier molecular flexibility index (Phi) is 5.85. The van der Waals surface area contributed by atoms with Crippen LogP contribution < -0.4 is 4.90 Å². The number of aliphatic carboxylic acids is 1. The number of piperidine rings is 1. The van der Waals surface area contributed by atoms with Gasteiger partial charge in [-0.1, -0.05) is 0 Å². The van der Waals surface area contributed by atoms with Gasteiger partial charge in [0.15, 0.2) is 5.76 Å². The van der Waals surface area contributed by atoms with E-state index >= 15 is 0 Å². The number of carboxylic acid groups (broad SMARTS) is 1. The third kappa shape index (κ3) is 4.31. The first-order valence-electron chi connectivity index (χ1n) is 9.05. The lowest BCUT2D eigenvalue weighted by Crippen LogP contribution is -2.53. The van der Waals surface area contributed by atoms with Crippen molar-refractivity contribution in [1.82, 2.24) is 14.7 Å². The fraction of sp³-hybridized carbons (Fsp3) is 0.444. The molecular formula is C18H19F3N4O5. The van der Waals surface area contributed by atoms with Gasteiger partial charge in [-0.25, -0.2) is 4.79 Å². The molecule has 30 heavy (non-hydrogen) atoms. The summed E-state index contributed by atoms with van der Waals surface area (Å²) >= 11 is 0. The molecule has 2 aliphatic heterocycles. The summed E-state index contributed by atoms with van der Waals surface area (Å²) in [6.07, 6.45) is 1.89. The predicted molar refractivity (Wildman–Crippen MR) is 95.6 cm³/mol. The van der Waals surface area contributed by atoms with Gasteiger partial charge >= 0.3 is 12.1 Å². The standard InChI is InChI=1S/C16H18N4O3.C2HF3O2/c1-18-10-11(9-17-18)20-13-6-7-19(12(13)4-5-15(20)21)16(22)14-3-2-8-23-14;3-2(4,5)1(6)7/h2-3,8-10,12-13H,4-7H2,1H3;(H,6,7)/t12-,13-;/m1./s1. The number of carbonyl (C=O) groups excluding carboxylic acids is 2. The van der Waals surface area contributed by atoms with Crippen molar-refractivity contribution in [2.24, 2.45) is 7.05 Å². The van der Waals surface area contributed by atoms with Gasteiger partial charge in [0.2, 0.25) is 5.91 Å². The van der Waals surface area contributed by atoms with Crippen molar-refractivity contribution in [3.8, 4) is 0 Å². The van der Waals surface area contributed by atoms with Gasteiger partial charge in [-0.05, 0) is 25.0 Å². The van der Waals surface area contributed by atoms with E-state index in [1.165, 1.54) is 6.26 Å². The number of fused-ring (bicyclic) bond motifs is 1. The van der Waals surface area contributed by atoms with Gasteiger partial charge in [0.05, 0.1) is 30.2 Å². The molecule has 2 fully saturated rings. The lowest BCUT2D eigenvalue weighted by molar-refractivity contribution is -0.192. The van der Waals surface area contributed by atoms with Gasteiger partial charge in [-0.15, -0.1) is 0 Å². The Morgan fingerprint density at radius 3 is 2.50 bits per heavy atom. The molecule has 12 heteroatoms. The number of aryl methyl sites for hydroxylation is 1. The van der Waals surface area contributed by atoms with Crippen molar-refractivity contribution in [3.63, 3.8) is 0 Å². The minimum absolute atomic E-state index is 0.0133. The van der Waals surface area contributed by atoms with Crippen LogP contribution in [-0.4, -0.2) is 62.4 Å². The molecule has 162 valence electrons. The van der Waals surface area contributed by atoms with Gasteiger partial charge in [-0.3, -0.25) is 14.3 Å². The third-order valence-electron chi connectivity index (χ3n) is 4.97. The second-order valence-corrected chi connectivity index (χ2v) is 6.88. The Bertz CT molecular complexity index is 925. The fourth-order valence-corrected chi connectivity index (χ4v) is 3.73. The van der Waals surface area contributed by atoms with Crippen LogP contribution in [0.4, 0.5) is 18.9 Å². The first-order chi connectivity index (χ1) is 14.1. The molecule has 0 bridgehead atoms. The minimum Gasteiger partial charge on any atom is -0.475 e. The van der Waals surface area contributed by atoms with Crippen LogP contribution in [0.5, 0.6) is 0 Å². The molecular weight excluding hydrogens is 409 g/mol.